The van der Waals surface area contributed by atoms with Crippen LogP contribution in [0.5, 0.6) is 5.75 Å². The third kappa shape index (κ3) is 14.7. The van der Waals surface area contributed by atoms with Crippen molar-refractivity contribution >= 4 is 51.9 Å². The van der Waals surface area contributed by atoms with Crippen LogP contribution in [-0.4, -0.2) is 97.1 Å². The molecule has 2 aliphatic rings. The van der Waals surface area contributed by atoms with E-state index in [9.17, 15) is 24.0 Å². The Morgan fingerprint density at radius 1 is 0.757 bits per heavy atom. The zero-order valence-electron chi connectivity index (χ0n) is 41.2. The summed E-state index contributed by atoms with van der Waals surface area (Å²) in [5.41, 5.74) is 4.85. The second-order valence-corrected chi connectivity index (χ2v) is 20.8. The third-order valence-electron chi connectivity index (χ3n) is 12.2. The number of nitrogens with zero attached hydrogens (tertiary/aromatic N) is 1. The van der Waals surface area contributed by atoms with Gasteiger partial charge in [-0.2, -0.15) is 0 Å². The number of carbonyl (C=O) groups excluding carboxylic acids is 6. The van der Waals surface area contributed by atoms with Gasteiger partial charge in [0.1, 0.15) is 36.6 Å². The van der Waals surface area contributed by atoms with Gasteiger partial charge in [-0.15, -0.1) is 0 Å². The van der Waals surface area contributed by atoms with Crippen molar-refractivity contribution in [3.8, 4) is 16.9 Å². The van der Waals surface area contributed by atoms with Gasteiger partial charge in [0, 0.05) is 28.9 Å². The van der Waals surface area contributed by atoms with Crippen molar-refractivity contribution in [3.05, 3.63) is 124 Å². The fourth-order valence-electron chi connectivity index (χ4n) is 8.96. The van der Waals surface area contributed by atoms with Crippen LogP contribution in [0.15, 0.2) is 102 Å². The Labute approximate surface area is 419 Å². The lowest BCUT2D eigenvalue weighted by atomic mass is 9.98. The lowest BCUT2D eigenvalue weighted by Gasteiger charge is -2.38. The van der Waals surface area contributed by atoms with Gasteiger partial charge in [-0.1, -0.05) is 122 Å². The lowest BCUT2D eigenvalue weighted by Crippen LogP contribution is -2.67. The van der Waals surface area contributed by atoms with E-state index >= 15 is 4.79 Å². The quantitative estimate of drug-likeness (QED) is 0.0388. The van der Waals surface area contributed by atoms with Gasteiger partial charge >= 0.3 is 24.1 Å². The molecule has 0 bridgehead atoms. The molecule has 6 rings (SSSR count). The highest BCUT2D eigenvalue weighted by Gasteiger charge is 2.46. The molecule has 1 aliphatic heterocycles. The topological polar surface area (TPSA) is 187 Å². The van der Waals surface area contributed by atoms with E-state index in [4.69, 9.17) is 18.9 Å². The van der Waals surface area contributed by atoms with E-state index in [0.29, 0.717) is 0 Å². The van der Waals surface area contributed by atoms with Gasteiger partial charge in [0.25, 0.3) is 0 Å². The number of carbonyl (C=O) groups is 6. The van der Waals surface area contributed by atoms with Crippen LogP contribution in [0, 0.1) is 11.8 Å². The molecule has 1 heterocycles. The molecular weight excluding hydrogens is 959 g/mol. The predicted octanol–water partition coefficient (Wildman–Crippen LogP) is 8.31. The first-order valence-electron chi connectivity index (χ1n) is 24.0. The molecule has 1 aliphatic carbocycles. The highest BCUT2D eigenvalue weighted by Crippen LogP contribution is 2.44. The van der Waals surface area contributed by atoms with E-state index in [1.54, 1.807) is 45.0 Å². The molecule has 15 nitrogen and oxygen atoms in total. The van der Waals surface area contributed by atoms with Crippen molar-refractivity contribution in [2.75, 3.05) is 32.9 Å². The Balaban J connectivity index is 1.24. The molecule has 374 valence electrons. The maximum atomic E-state index is 15.3. The molecule has 0 saturated carbocycles. The molecule has 4 N–H and O–H groups in total. The molecule has 70 heavy (non-hydrogen) atoms. The number of hydrogen-bond donors (Lipinski definition) is 4. The first-order chi connectivity index (χ1) is 33.3. The molecule has 1 saturated heterocycles. The summed E-state index contributed by atoms with van der Waals surface area (Å²) in [6.45, 7) is 12.4. The Morgan fingerprint density at radius 3 is 1.97 bits per heavy atom. The molecule has 1 fully saturated rings. The minimum absolute atomic E-state index is 0.0132. The van der Waals surface area contributed by atoms with Gasteiger partial charge in [-0.25, -0.2) is 23.7 Å². The van der Waals surface area contributed by atoms with Crippen LogP contribution in [0.1, 0.15) is 95.9 Å². The maximum absolute atomic E-state index is 15.3. The molecule has 4 amide bonds. The molecular formula is C54H67BrN5O10+. The summed E-state index contributed by atoms with van der Waals surface area (Å²) in [5, 5.41) is 12.1. The Bertz CT molecular complexity index is 2450. The molecule has 4 atom stereocenters. The Morgan fingerprint density at radius 2 is 1.34 bits per heavy atom. The largest absolute Gasteiger partial charge is 0.514 e. The molecule has 0 aromatic heterocycles. The zero-order chi connectivity index (χ0) is 50.6. The van der Waals surface area contributed by atoms with Gasteiger partial charge in [-0.3, -0.25) is 14.9 Å². The normalized spacial score (nSPS) is 19.9. The van der Waals surface area contributed by atoms with Crippen molar-refractivity contribution in [1.29, 1.82) is 0 Å². The number of alkyl carbamates (subject to hydrolysis) is 1. The van der Waals surface area contributed by atoms with E-state index in [0.717, 1.165) is 37.9 Å². The van der Waals surface area contributed by atoms with Crippen LogP contribution in [0.25, 0.3) is 11.1 Å². The van der Waals surface area contributed by atoms with Gasteiger partial charge in [0.15, 0.2) is 13.2 Å². The predicted molar refractivity (Wildman–Crippen MR) is 268 cm³/mol. The molecule has 0 radical (unpaired) electrons. The van der Waals surface area contributed by atoms with Crippen molar-refractivity contribution < 1.29 is 52.2 Å². The number of rotatable bonds is 15. The number of benzene rings is 4. The highest BCUT2D eigenvalue weighted by atomic mass is 79.9. The third-order valence-corrected chi connectivity index (χ3v) is 13.0. The first kappa shape index (κ1) is 53.3. The highest BCUT2D eigenvalue weighted by molar-refractivity contribution is 9.10. The van der Waals surface area contributed by atoms with Gasteiger partial charge in [0.05, 0.1) is 12.6 Å². The Hall–Kier alpha value is -6.10. The molecule has 0 spiro atoms. The average Bonchev–Trinajstić information content (AvgIpc) is 3.62. The summed E-state index contributed by atoms with van der Waals surface area (Å²) in [4.78, 5) is 84.2. The second-order valence-electron chi connectivity index (χ2n) is 19.9. The number of nitrogens with one attached hydrogen (secondary N) is 4. The summed E-state index contributed by atoms with van der Waals surface area (Å²) in [5.74, 6) is -2.19. The number of quaternary nitrogens is 1. The van der Waals surface area contributed by atoms with Crippen molar-refractivity contribution in [2.24, 2.45) is 11.8 Å². The van der Waals surface area contributed by atoms with Crippen LogP contribution in [0.3, 0.4) is 0 Å². The number of hydrogen-bond acceptors (Lipinski definition) is 11. The van der Waals surface area contributed by atoms with Crippen molar-refractivity contribution in [3.63, 3.8) is 0 Å². The van der Waals surface area contributed by atoms with Crippen LogP contribution in [-0.2, 0) is 46.4 Å². The lowest BCUT2D eigenvalue weighted by molar-refractivity contribution is -0.850. The number of ether oxygens (including phenoxy) is 4. The van der Waals surface area contributed by atoms with E-state index in [2.05, 4.69) is 37.2 Å². The van der Waals surface area contributed by atoms with Crippen LogP contribution < -0.4 is 26.0 Å². The average molecular weight is 1030 g/mol. The van der Waals surface area contributed by atoms with E-state index in [1.165, 1.54) is 0 Å². The molecule has 1 unspecified atom stereocenters. The summed E-state index contributed by atoms with van der Waals surface area (Å²) < 4.78 is 22.6. The smallest absolute Gasteiger partial charge is 0.456 e. The second kappa shape index (κ2) is 24.1. The number of halogens is 1. The van der Waals surface area contributed by atoms with Gasteiger partial charge < -0.3 is 34.9 Å². The summed E-state index contributed by atoms with van der Waals surface area (Å²) in [7, 11) is 0. The zero-order valence-corrected chi connectivity index (χ0v) is 42.8. The van der Waals surface area contributed by atoms with Crippen LogP contribution in [0.2, 0.25) is 0 Å². The van der Waals surface area contributed by atoms with Gasteiger partial charge in [0.2, 0.25) is 11.8 Å². The van der Waals surface area contributed by atoms with Crippen LogP contribution >= 0.6 is 15.9 Å². The molecule has 16 heteroatoms. The number of fused-ring (bicyclic) bond motifs is 3. The fraction of sp³-hybridized carbons (Fsp3) is 0.444. The van der Waals surface area contributed by atoms with Crippen molar-refractivity contribution in [1.82, 2.24) is 21.3 Å². The SMILES string of the molecule is CC(C)C[C@@H]1NC(=O)[C@H](Cc2ccc(OC(=O)OCc3ccccc3Br)cc2)NCCC[N+](CNC(=O)OCC2c3ccccc3-c3ccccc32)(CC(=O)OC(C)(C)C)C(=O)[C@H](CC(C)C)NC1=O. The first-order valence-corrected chi connectivity index (χ1v) is 24.8. The summed E-state index contributed by atoms with van der Waals surface area (Å²) in [6, 6.07) is 27.1. The summed E-state index contributed by atoms with van der Waals surface area (Å²) in [6.07, 6.45) is -0.713. The summed E-state index contributed by atoms with van der Waals surface area (Å²) >= 11 is 3.44. The van der Waals surface area contributed by atoms with Gasteiger partial charge in [-0.05, 0) is 97.9 Å². The minimum atomic E-state index is -1.10. The molecule has 4 aromatic carbocycles. The standard InChI is InChI=1S/C54H66BrN5O10/c1-34(2)27-46-50(63)59-47(28-35(3)4)51(64)60(30-48(61)70-54(5,6)7,33-57-52(65)67-32-43-41-18-11-9-16-39(41)40-17-10-12-19-42(40)43)26-14-25-56-45(49(62)58-46)29-36-21-23-38(24-22-36)69-53(66)68-31-37-15-8-13-20-44(37)55/h8-13,15-24,34-35,43,45-47,56H,14,25-33H2,1-7H3,(H2-,57,58,59,62,63,65)/p+1/t45-,46-,47-,60?/m0/s1. The van der Waals surface area contributed by atoms with Crippen molar-refractivity contribution in [2.45, 2.75) is 110 Å². The fourth-order valence-corrected chi connectivity index (χ4v) is 9.36. The number of esters is 1. The maximum Gasteiger partial charge on any atom is 0.514 e. The number of amides is 4. The minimum Gasteiger partial charge on any atom is -0.456 e. The molecule has 4 aromatic rings. The van der Waals surface area contributed by atoms with E-state index in [-0.39, 0.29) is 82.2 Å². The van der Waals surface area contributed by atoms with Crippen LogP contribution in [0.4, 0.5) is 9.59 Å². The Kier molecular flexibility index (Phi) is 18.4. The monoisotopic (exact) mass is 1020 g/mol. The van der Waals surface area contributed by atoms with E-state index in [1.807, 2.05) is 100 Å². The van der Waals surface area contributed by atoms with E-state index < -0.39 is 70.7 Å².